The monoisotopic (exact) mass is 220 g/mol. The van der Waals surface area contributed by atoms with Crippen LogP contribution in [0, 0.1) is 0 Å². The maximum absolute atomic E-state index is 5.29. The topological polar surface area (TPSA) is 27.7 Å². The molecule has 0 radical (unpaired) electrons. The van der Waals surface area contributed by atoms with Gasteiger partial charge in [-0.25, -0.2) is 0 Å². The molecule has 1 saturated carbocycles. The predicted octanol–water partition coefficient (Wildman–Crippen LogP) is 2.89. The highest BCUT2D eigenvalue weighted by Gasteiger charge is 2.15. The van der Waals surface area contributed by atoms with Crippen molar-refractivity contribution in [3.8, 4) is 17.2 Å². The zero-order chi connectivity index (χ0) is 11.5. The van der Waals surface area contributed by atoms with Crippen LogP contribution >= 0.6 is 0 Å². The van der Waals surface area contributed by atoms with Gasteiger partial charge in [0.1, 0.15) is 0 Å². The van der Waals surface area contributed by atoms with Crippen LogP contribution in [0.2, 0.25) is 0 Å². The van der Waals surface area contributed by atoms with Crippen LogP contribution in [-0.2, 0) is 0 Å². The van der Waals surface area contributed by atoms with Gasteiger partial charge in [-0.05, 0) is 30.5 Å². The number of benzene rings is 1. The van der Waals surface area contributed by atoms with Crippen molar-refractivity contribution in [1.29, 1.82) is 0 Å². The van der Waals surface area contributed by atoms with Crippen molar-refractivity contribution in [2.45, 2.75) is 12.8 Å². The Hall–Kier alpha value is -1.64. The van der Waals surface area contributed by atoms with E-state index in [9.17, 15) is 0 Å². The molecule has 0 aromatic heterocycles. The normalized spacial score (nSPS) is 13.3. The number of rotatable bonds is 4. The standard InChI is InChI=1S/C13H16O3/c1-14-11-7-10(6-9-4-5-9)8-12(15-2)13(11)16-3/h6-8H,4-5H2,1-3H3. The number of ether oxygens (including phenoxy) is 3. The summed E-state index contributed by atoms with van der Waals surface area (Å²) >= 11 is 0. The van der Waals surface area contributed by atoms with E-state index in [0.29, 0.717) is 17.2 Å². The molecule has 0 amide bonds. The summed E-state index contributed by atoms with van der Waals surface area (Å²) in [5.74, 6) is 2.05. The van der Waals surface area contributed by atoms with Gasteiger partial charge in [-0.1, -0.05) is 11.6 Å². The van der Waals surface area contributed by atoms with Gasteiger partial charge in [0.2, 0.25) is 5.75 Å². The first kappa shape index (κ1) is 10.9. The molecular formula is C13H16O3. The molecule has 0 bridgehead atoms. The summed E-state index contributed by atoms with van der Waals surface area (Å²) in [4.78, 5) is 0. The molecule has 0 atom stereocenters. The average molecular weight is 220 g/mol. The second-order valence-corrected chi connectivity index (χ2v) is 3.76. The van der Waals surface area contributed by atoms with Gasteiger partial charge in [0.25, 0.3) is 0 Å². The van der Waals surface area contributed by atoms with E-state index in [1.54, 1.807) is 21.3 Å². The van der Waals surface area contributed by atoms with Crippen molar-refractivity contribution >= 4 is 6.08 Å². The maximum Gasteiger partial charge on any atom is 0.203 e. The Bertz CT molecular complexity index is 390. The van der Waals surface area contributed by atoms with Gasteiger partial charge in [-0.2, -0.15) is 0 Å². The molecule has 0 aliphatic heterocycles. The minimum absolute atomic E-state index is 0.642. The highest BCUT2D eigenvalue weighted by Crippen LogP contribution is 2.40. The van der Waals surface area contributed by atoms with E-state index in [2.05, 4.69) is 6.08 Å². The van der Waals surface area contributed by atoms with Crippen molar-refractivity contribution in [3.63, 3.8) is 0 Å². The highest BCUT2D eigenvalue weighted by atomic mass is 16.5. The van der Waals surface area contributed by atoms with Crippen LogP contribution in [0.15, 0.2) is 17.7 Å². The van der Waals surface area contributed by atoms with Gasteiger partial charge >= 0.3 is 0 Å². The van der Waals surface area contributed by atoms with E-state index in [1.165, 1.54) is 18.4 Å². The van der Waals surface area contributed by atoms with Crippen molar-refractivity contribution in [1.82, 2.24) is 0 Å². The Balaban J connectivity index is 2.44. The lowest BCUT2D eigenvalue weighted by atomic mass is 10.1. The minimum Gasteiger partial charge on any atom is -0.493 e. The summed E-state index contributed by atoms with van der Waals surface area (Å²) in [5.41, 5.74) is 2.57. The van der Waals surface area contributed by atoms with E-state index in [0.717, 1.165) is 5.56 Å². The fourth-order valence-corrected chi connectivity index (χ4v) is 1.64. The maximum atomic E-state index is 5.29. The summed E-state index contributed by atoms with van der Waals surface area (Å²) in [5, 5.41) is 0. The third kappa shape index (κ3) is 2.13. The predicted molar refractivity (Wildman–Crippen MR) is 63.3 cm³/mol. The number of hydrogen-bond acceptors (Lipinski definition) is 3. The molecule has 1 aliphatic carbocycles. The zero-order valence-corrected chi connectivity index (χ0v) is 9.87. The van der Waals surface area contributed by atoms with E-state index < -0.39 is 0 Å². The molecule has 0 spiro atoms. The molecule has 0 unspecified atom stereocenters. The van der Waals surface area contributed by atoms with Crippen LogP contribution in [0.1, 0.15) is 18.4 Å². The number of methoxy groups -OCH3 is 3. The summed E-state index contributed by atoms with van der Waals surface area (Å²) < 4.78 is 15.8. The van der Waals surface area contributed by atoms with Crippen molar-refractivity contribution < 1.29 is 14.2 Å². The third-order valence-corrected chi connectivity index (χ3v) is 2.60. The Labute approximate surface area is 95.6 Å². The molecule has 16 heavy (non-hydrogen) atoms. The van der Waals surface area contributed by atoms with Crippen LogP contribution < -0.4 is 14.2 Å². The molecule has 0 N–H and O–H groups in total. The first-order chi connectivity index (χ1) is 7.78. The smallest absolute Gasteiger partial charge is 0.203 e. The summed E-state index contributed by atoms with van der Waals surface area (Å²) in [6.45, 7) is 0. The molecule has 1 fully saturated rings. The van der Waals surface area contributed by atoms with Crippen LogP contribution in [0.5, 0.6) is 17.2 Å². The molecule has 3 heteroatoms. The van der Waals surface area contributed by atoms with Crippen LogP contribution in [0.3, 0.4) is 0 Å². The Morgan fingerprint density at radius 1 is 0.938 bits per heavy atom. The second kappa shape index (κ2) is 4.47. The Kier molecular flexibility index (Phi) is 3.04. The van der Waals surface area contributed by atoms with E-state index in [1.807, 2.05) is 12.1 Å². The first-order valence-electron chi connectivity index (χ1n) is 5.28. The van der Waals surface area contributed by atoms with Gasteiger partial charge in [-0.3, -0.25) is 0 Å². The quantitative estimate of drug-likeness (QED) is 0.780. The molecule has 0 saturated heterocycles. The third-order valence-electron chi connectivity index (χ3n) is 2.60. The van der Waals surface area contributed by atoms with Gasteiger partial charge in [-0.15, -0.1) is 0 Å². The van der Waals surface area contributed by atoms with Gasteiger partial charge in [0.15, 0.2) is 11.5 Å². The molecule has 0 heterocycles. The molecule has 3 nitrogen and oxygen atoms in total. The molecule has 1 aromatic carbocycles. The molecule has 2 rings (SSSR count). The Morgan fingerprint density at radius 2 is 1.50 bits per heavy atom. The summed E-state index contributed by atoms with van der Waals surface area (Å²) in [7, 11) is 4.87. The highest BCUT2D eigenvalue weighted by molar-refractivity contribution is 5.64. The molecule has 86 valence electrons. The van der Waals surface area contributed by atoms with Gasteiger partial charge < -0.3 is 14.2 Å². The van der Waals surface area contributed by atoms with Crippen molar-refractivity contribution in [2.75, 3.05) is 21.3 Å². The summed E-state index contributed by atoms with van der Waals surface area (Å²) in [6.07, 6.45) is 4.58. The first-order valence-corrected chi connectivity index (χ1v) is 5.28. The SMILES string of the molecule is COc1cc(C=C2CC2)cc(OC)c1OC. The summed E-state index contributed by atoms with van der Waals surface area (Å²) in [6, 6.07) is 3.93. The number of hydrogen-bond donors (Lipinski definition) is 0. The van der Waals surface area contributed by atoms with Crippen molar-refractivity contribution in [3.05, 3.63) is 23.3 Å². The lowest BCUT2D eigenvalue weighted by Crippen LogP contribution is -1.95. The number of allylic oxidation sites excluding steroid dienone is 1. The van der Waals surface area contributed by atoms with E-state index in [4.69, 9.17) is 14.2 Å². The van der Waals surface area contributed by atoms with E-state index >= 15 is 0 Å². The van der Waals surface area contributed by atoms with Crippen LogP contribution in [0.4, 0.5) is 0 Å². The van der Waals surface area contributed by atoms with Gasteiger partial charge in [0, 0.05) is 0 Å². The van der Waals surface area contributed by atoms with Gasteiger partial charge in [0.05, 0.1) is 21.3 Å². The lowest BCUT2D eigenvalue weighted by Gasteiger charge is -2.12. The van der Waals surface area contributed by atoms with Crippen LogP contribution in [-0.4, -0.2) is 21.3 Å². The molecule has 1 aromatic rings. The average Bonchev–Trinajstić information content (AvgIpc) is 3.11. The zero-order valence-electron chi connectivity index (χ0n) is 9.87. The second-order valence-electron chi connectivity index (χ2n) is 3.76. The molecular weight excluding hydrogens is 204 g/mol. The fraction of sp³-hybridized carbons (Fsp3) is 0.385. The largest absolute Gasteiger partial charge is 0.493 e. The van der Waals surface area contributed by atoms with Crippen molar-refractivity contribution in [2.24, 2.45) is 0 Å². The fourth-order valence-electron chi connectivity index (χ4n) is 1.64. The molecule has 1 aliphatic rings. The minimum atomic E-state index is 0.642. The Morgan fingerprint density at radius 3 is 1.88 bits per heavy atom. The lowest BCUT2D eigenvalue weighted by molar-refractivity contribution is 0.324. The van der Waals surface area contributed by atoms with E-state index in [-0.39, 0.29) is 0 Å². The van der Waals surface area contributed by atoms with Crippen LogP contribution in [0.25, 0.3) is 6.08 Å².